The van der Waals surface area contributed by atoms with Crippen molar-refractivity contribution in [2.45, 2.75) is 41.0 Å². The van der Waals surface area contributed by atoms with Crippen LogP contribution in [0.15, 0.2) is 0 Å². The molecule has 0 aromatic heterocycles. The summed E-state index contributed by atoms with van der Waals surface area (Å²) in [6, 6.07) is 0. The molecule has 14 heavy (non-hydrogen) atoms. The van der Waals surface area contributed by atoms with E-state index in [-0.39, 0.29) is 0 Å². The first kappa shape index (κ1) is 11.0. The van der Waals surface area contributed by atoms with Crippen LogP contribution < -0.4 is 0 Å². The highest BCUT2D eigenvalue weighted by atomic mass is 16.1. The summed E-state index contributed by atoms with van der Waals surface area (Å²) in [7, 11) is 0. The predicted molar refractivity (Wildman–Crippen MR) is 59.9 cm³/mol. The second kappa shape index (κ2) is 3.95. The summed E-state index contributed by atoms with van der Waals surface area (Å²) < 4.78 is 0. The third-order valence-electron chi connectivity index (χ3n) is 3.44. The minimum atomic E-state index is 0.541. The predicted octanol–water partition coefficient (Wildman–Crippen LogP) is 2.97. The molecule has 0 aliphatic rings. The lowest BCUT2D eigenvalue weighted by Crippen LogP contribution is -2.03. The van der Waals surface area contributed by atoms with E-state index in [1.807, 2.05) is 0 Å². The summed E-state index contributed by atoms with van der Waals surface area (Å²) in [5.74, 6) is 0. The molecule has 0 atom stereocenters. The topological polar surface area (TPSA) is 17.1 Å². The lowest BCUT2D eigenvalue weighted by Gasteiger charge is -2.17. The maximum Gasteiger partial charge on any atom is 0.124 e. The molecule has 0 N–H and O–H groups in total. The number of carbonyl (C=O) groups is 1. The second-order valence-corrected chi connectivity index (χ2v) is 3.97. The van der Waals surface area contributed by atoms with Crippen LogP contribution in [0.1, 0.15) is 33.4 Å². The van der Waals surface area contributed by atoms with E-state index in [1.54, 1.807) is 0 Å². The highest BCUT2D eigenvalue weighted by molar-refractivity contribution is 5.60. The number of carbonyl (C=O) groups excluding carboxylic acids is 1. The average molecular weight is 190 g/mol. The third-order valence-corrected chi connectivity index (χ3v) is 3.44. The molecule has 0 radical (unpaired) electrons. The fourth-order valence-corrected chi connectivity index (χ4v) is 1.97. The Balaban J connectivity index is 3.50. The Labute approximate surface area is 86.1 Å². The van der Waals surface area contributed by atoms with Gasteiger partial charge < -0.3 is 4.79 Å². The first-order valence-corrected chi connectivity index (χ1v) is 5.00. The number of rotatable bonds is 2. The monoisotopic (exact) mass is 190 g/mol. The second-order valence-electron chi connectivity index (χ2n) is 3.97. The van der Waals surface area contributed by atoms with Crippen molar-refractivity contribution in [2.24, 2.45) is 0 Å². The maximum atomic E-state index is 10.6. The van der Waals surface area contributed by atoms with Crippen LogP contribution >= 0.6 is 0 Å². The zero-order valence-electron chi connectivity index (χ0n) is 9.69. The molecule has 1 nitrogen and oxygen atoms in total. The Morgan fingerprint density at radius 2 is 1.14 bits per heavy atom. The summed E-state index contributed by atoms with van der Waals surface area (Å²) in [4.78, 5) is 10.6. The molecule has 0 aliphatic heterocycles. The molecule has 0 bridgehead atoms. The van der Waals surface area contributed by atoms with E-state index < -0.39 is 0 Å². The van der Waals surface area contributed by atoms with E-state index in [1.165, 1.54) is 33.4 Å². The largest absolute Gasteiger partial charge is 0.303 e. The number of benzene rings is 1. The summed E-state index contributed by atoms with van der Waals surface area (Å²) in [6.45, 7) is 10.6. The molecule has 1 aromatic rings. The first-order valence-electron chi connectivity index (χ1n) is 5.00. The van der Waals surface area contributed by atoms with E-state index in [2.05, 4.69) is 34.6 Å². The third kappa shape index (κ3) is 1.59. The van der Waals surface area contributed by atoms with Gasteiger partial charge in [0.25, 0.3) is 0 Å². The van der Waals surface area contributed by atoms with Gasteiger partial charge in [0.15, 0.2) is 0 Å². The molecule has 0 unspecified atom stereocenters. The van der Waals surface area contributed by atoms with Crippen LogP contribution in [0.25, 0.3) is 0 Å². The highest BCUT2D eigenvalue weighted by Gasteiger charge is 2.10. The van der Waals surface area contributed by atoms with Crippen molar-refractivity contribution in [2.75, 3.05) is 0 Å². The molecular formula is C13H18O. The van der Waals surface area contributed by atoms with Crippen LogP contribution in [-0.2, 0) is 11.2 Å². The minimum Gasteiger partial charge on any atom is -0.303 e. The van der Waals surface area contributed by atoms with Crippen LogP contribution in [0.4, 0.5) is 0 Å². The van der Waals surface area contributed by atoms with Crippen LogP contribution in [0, 0.1) is 34.6 Å². The quantitative estimate of drug-likeness (QED) is 0.655. The molecule has 0 saturated heterocycles. The molecule has 0 fully saturated rings. The Morgan fingerprint density at radius 1 is 0.786 bits per heavy atom. The van der Waals surface area contributed by atoms with Crippen LogP contribution in [-0.4, -0.2) is 6.29 Å². The number of aldehydes is 1. The fraction of sp³-hybridized carbons (Fsp3) is 0.462. The Morgan fingerprint density at radius 3 is 1.50 bits per heavy atom. The van der Waals surface area contributed by atoms with E-state index in [9.17, 15) is 4.79 Å². The molecule has 1 aromatic carbocycles. The SMILES string of the molecule is Cc1c(C)c(C)c(CC=O)c(C)c1C. The lowest BCUT2D eigenvalue weighted by molar-refractivity contribution is -0.107. The van der Waals surface area contributed by atoms with E-state index in [0.717, 1.165) is 6.29 Å². The van der Waals surface area contributed by atoms with E-state index in [0.29, 0.717) is 6.42 Å². The Kier molecular flexibility index (Phi) is 3.10. The molecule has 76 valence electrons. The van der Waals surface area contributed by atoms with Gasteiger partial charge in [0, 0.05) is 6.42 Å². The van der Waals surface area contributed by atoms with Gasteiger partial charge in [0.05, 0.1) is 0 Å². The molecule has 1 rings (SSSR count). The van der Waals surface area contributed by atoms with Crippen molar-refractivity contribution < 1.29 is 4.79 Å². The minimum absolute atomic E-state index is 0.541. The van der Waals surface area contributed by atoms with Crippen molar-refractivity contribution in [3.05, 3.63) is 33.4 Å². The van der Waals surface area contributed by atoms with Gasteiger partial charge in [0.1, 0.15) is 6.29 Å². The fourth-order valence-electron chi connectivity index (χ4n) is 1.97. The normalized spacial score (nSPS) is 10.4. The van der Waals surface area contributed by atoms with Crippen molar-refractivity contribution in [1.82, 2.24) is 0 Å². The van der Waals surface area contributed by atoms with E-state index in [4.69, 9.17) is 0 Å². The average Bonchev–Trinajstić information content (AvgIpc) is 2.19. The highest BCUT2D eigenvalue weighted by Crippen LogP contribution is 2.25. The van der Waals surface area contributed by atoms with E-state index >= 15 is 0 Å². The zero-order chi connectivity index (χ0) is 10.9. The number of hydrogen-bond donors (Lipinski definition) is 0. The van der Waals surface area contributed by atoms with Crippen LogP contribution in [0.3, 0.4) is 0 Å². The maximum absolute atomic E-state index is 10.6. The van der Waals surface area contributed by atoms with Gasteiger partial charge in [-0.15, -0.1) is 0 Å². The summed E-state index contributed by atoms with van der Waals surface area (Å²) >= 11 is 0. The Hall–Kier alpha value is -1.11. The number of hydrogen-bond acceptors (Lipinski definition) is 1. The van der Waals surface area contributed by atoms with Gasteiger partial charge in [0.2, 0.25) is 0 Å². The molecule has 0 spiro atoms. The van der Waals surface area contributed by atoms with Gasteiger partial charge in [-0.3, -0.25) is 0 Å². The van der Waals surface area contributed by atoms with Gasteiger partial charge in [-0.1, -0.05) is 0 Å². The van der Waals surface area contributed by atoms with Crippen LogP contribution in [0.5, 0.6) is 0 Å². The van der Waals surface area contributed by atoms with Crippen molar-refractivity contribution >= 4 is 6.29 Å². The van der Waals surface area contributed by atoms with Crippen molar-refractivity contribution in [1.29, 1.82) is 0 Å². The van der Waals surface area contributed by atoms with Gasteiger partial charge in [-0.05, 0) is 68.0 Å². The molecule has 0 amide bonds. The molecular weight excluding hydrogens is 172 g/mol. The van der Waals surface area contributed by atoms with Gasteiger partial charge in [-0.2, -0.15) is 0 Å². The smallest absolute Gasteiger partial charge is 0.124 e. The first-order chi connectivity index (χ1) is 6.50. The summed E-state index contributed by atoms with van der Waals surface area (Å²) in [5, 5.41) is 0. The van der Waals surface area contributed by atoms with Crippen molar-refractivity contribution in [3.63, 3.8) is 0 Å². The van der Waals surface area contributed by atoms with Gasteiger partial charge >= 0.3 is 0 Å². The molecule has 0 heterocycles. The molecule has 0 aliphatic carbocycles. The Bertz CT molecular complexity index is 346. The summed E-state index contributed by atoms with van der Waals surface area (Å²) in [6.07, 6.45) is 1.53. The zero-order valence-corrected chi connectivity index (χ0v) is 9.69. The van der Waals surface area contributed by atoms with Crippen molar-refractivity contribution in [3.8, 4) is 0 Å². The lowest BCUT2D eigenvalue weighted by atomic mass is 9.88. The standard InChI is InChI=1S/C13H18O/c1-8-9(2)11(4)13(6-7-14)12(5)10(8)3/h7H,6H2,1-5H3. The molecule has 1 heteroatoms. The van der Waals surface area contributed by atoms with Crippen LogP contribution in [0.2, 0.25) is 0 Å². The summed E-state index contributed by atoms with van der Waals surface area (Å²) in [5.41, 5.74) is 7.76. The molecule has 0 saturated carbocycles. The van der Waals surface area contributed by atoms with Gasteiger partial charge in [-0.25, -0.2) is 0 Å².